The maximum Gasteiger partial charge on any atom is 0.119 e. The number of nitrogens with one attached hydrogen (secondary N) is 1. The Morgan fingerprint density at radius 2 is 1.74 bits per heavy atom. The third-order valence-electron chi connectivity index (χ3n) is 2.90. The third kappa shape index (κ3) is 4.09. The van der Waals surface area contributed by atoms with Crippen LogP contribution in [0.15, 0.2) is 54.6 Å². The standard InChI is InChI=1S/C16H19NO2/c1-17-11-13-7-9-15(10-8-13)19-12-16(18)14-5-3-2-4-6-14/h2-10,16-18H,11-12H2,1H3. The number of rotatable bonds is 6. The molecule has 19 heavy (non-hydrogen) atoms. The first kappa shape index (κ1) is 13.6. The largest absolute Gasteiger partial charge is 0.491 e. The highest BCUT2D eigenvalue weighted by atomic mass is 16.5. The summed E-state index contributed by atoms with van der Waals surface area (Å²) >= 11 is 0. The van der Waals surface area contributed by atoms with E-state index in [0.29, 0.717) is 0 Å². The van der Waals surface area contributed by atoms with Crippen LogP contribution in [0.2, 0.25) is 0 Å². The van der Waals surface area contributed by atoms with E-state index < -0.39 is 6.10 Å². The van der Waals surface area contributed by atoms with Gasteiger partial charge in [-0.3, -0.25) is 0 Å². The van der Waals surface area contributed by atoms with E-state index in [4.69, 9.17) is 4.74 Å². The molecule has 0 radical (unpaired) electrons. The lowest BCUT2D eigenvalue weighted by Crippen LogP contribution is -2.09. The van der Waals surface area contributed by atoms with Crippen LogP contribution >= 0.6 is 0 Å². The molecule has 0 spiro atoms. The van der Waals surface area contributed by atoms with Crippen LogP contribution in [-0.2, 0) is 6.54 Å². The van der Waals surface area contributed by atoms with E-state index in [1.165, 1.54) is 5.56 Å². The van der Waals surface area contributed by atoms with Crippen molar-refractivity contribution in [1.29, 1.82) is 0 Å². The average Bonchev–Trinajstić information content (AvgIpc) is 2.47. The minimum absolute atomic E-state index is 0.259. The van der Waals surface area contributed by atoms with Crippen molar-refractivity contribution in [3.05, 3.63) is 65.7 Å². The topological polar surface area (TPSA) is 41.5 Å². The molecule has 3 heteroatoms. The SMILES string of the molecule is CNCc1ccc(OCC(O)c2ccccc2)cc1. The Kier molecular flexibility index (Phi) is 4.95. The Balaban J connectivity index is 1.88. The van der Waals surface area contributed by atoms with Gasteiger partial charge < -0.3 is 15.2 Å². The molecule has 0 fully saturated rings. The van der Waals surface area contributed by atoms with E-state index in [9.17, 15) is 5.11 Å². The normalized spacial score (nSPS) is 12.1. The molecule has 2 aromatic carbocycles. The molecule has 0 saturated heterocycles. The minimum Gasteiger partial charge on any atom is -0.491 e. The van der Waals surface area contributed by atoms with Crippen LogP contribution in [0.4, 0.5) is 0 Å². The molecule has 1 atom stereocenters. The second-order valence-corrected chi connectivity index (χ2v) is 4.41. The summed E-state index contributed by atoms with van der Waals surface area (Å²) in [6.45, 7) is 1.10. The van der Waals surface area contributed by atoms with Gasteiger partial charge in [0.15, 0.2) is 0 Å². The fourth-order valence-corrected chi connectivity index (χ4v) is 1.85. The zero-order valence-corrected chi connectivity index (χ0v) is 11.0. The molecular weight excluding hydrogens is 238 g/mol. The molecule has 0 amide bonds. The maximum absolute atomic E-state index is 9.99. The Labute approximate surface area is 113 Å². The van der Waals surface area contributed by atoms with Crippen molar-refractivity contribution in [3.8, 4) is 5.75 Å². The number of aliphatic hydroxyl groups excluding tert-OH is 1. The van der Waals surface area contributed by atoms with E-state index in [1.807, 2.05) is 61.6 Å². The molecule has 1 unspecified atom stereocenters. The fourth-order valence-electron chi connectivity index (χ4n) is 1.85. The molecule has 0 saturated carbocycles. The number of hydrogen-bond acceptors (Lipinski definition) is 3. The predicted octanol–water partition coefficient (Wildman–Crippen LogP) is 2.52. The van der Waals surface area contributed by atoms with Gasteiger partial charge in [0.05, 0.1) is 0 Å². The Morgan fingerprint density at radius 1 is 1.05 bits per heavy atom. The first-order chi connectivity index (χ1) is 9.29. The summed E-state index contributed by atoms with van der Waals surface area (Å²) < 4.78 is 5.58. The van der Waals surface area contributed by atoms with Crippen LogP contribution in [0, 0.1) is 0 Å². The van der Waals surface area contributed by atoms with Gasteiger partial charge in [0.1, 0.15) is 18.5 Å². The summed E-state index contributed by atoms with van der Waals surface area (Å²) in [7, 11) is 1.92. The Bertz CT molecular complexity index is 482. The van der Waals surface area contributed by atoms with Crippen molar-refractivity contribution >= 4 is 0 Å². The predicted molar refractivity (Wildman–Crippen MR) is 76.1 cm³/mol. The first-order valence-corrected chi connectivity index (χ1v) is 6.39. The van der Waals surface area contributed by atoms with Crippen LogP contribution < -0.4 is 10.1 Å². The van der Waals surface area contributed by atoms with Crippen molar-refractivity contribution in [2.24, 2.45) is 0 Å². The van der Waals surface area contributed by atoms with Gasteiger partial charge in [-0.1, -0.05) is 42.5 Å². The van der Waals surface area contributed by atoms with Crippen molar-refractivity contribution < 1.29 is 9.84 Å². The lowest BCUT2D eigenvalue weighted by Gasteiger charge is -2.13. The quantitative estimate of drug-likeness (QED) is 0.835. The average molecular weight is 257 g/mol. The van der Waals surface area contributed by atoms with Gasteiger partial charge in [-0.25, -0.2) is 0 Å². The second-order valence-electron chi connectivity index (χ2n) is 4.41. The van der Waals surface area contributed by atoms with Crippen LogP contribution in [0.5, 0.6) is 5.75 Å². The lowest BCUT2D eigenvalue weighted by atomic mass is 10.1. The van der Waals surface area contributed by atoms with E-state index >= 15 is 0 Å². The van der Waals surface area contributed by atoms with Gasteiger partial charge in [0, 0.05) is 6.54 Å². The summed E-state index contributed by atoms with van der Waals surface area (Å²) in [4.78, 5) is 0. The zero-order chi connectivity index (χ0) is 13.5. The third-order valence-corrected chi connectivity index (χ3v) is 2.90. The smallest absolute Gasteiger partial charge is 0.119 e. The molecule has 2 rings (SSSR count). The number of benzene rings is 2. The van der Waals surface area contributed by atoms with E-state index in [1.54, 1.807) is 0 Å². The van der Waals surface area contributed by atoms with Crippen molar-refractivity contribution in [1.82, 2.24) is 5.32 Å². The highest BCUT2D eigenvalue weighted by Gasteiger charge is 2.07. The summed E-state index contributed by atoms with van der Waals surface area (Å²) in [5.74, 6) is 0.773. The fraction of sp³-hybridized carbons (Fsp3) is 0.250. The van der Waals surface area contributed by atoms with Crippen molar-refractivity contribution in [3.63, 3.8) is 0 Å². The molecular formula is C16H19NO2. The van der Waals surface area contributed by atoms with Gasteiger partial charge in [-0.2, -0.15) is 0 Å². The van der Waals surface area contributed by atoms with Crippen LogP contribution in [-0.4, -0.2) is 18.8 Å². The second kappa shape index (κ2) is 6.92. The van der Waals surface area contributed by atoms with Crippen LogP contribution in [0.1, 0.15) is 17.2 Å². The van der Waals surface area contributed by atoms with E-state index in [-0.39, 0.29) is 6.61 Å². The number of aliphatic hydroxyl groups is 1. The molecule has 0 aliphatic heterocycles. The van der Waals surface area contributed by atoms with Gasteiger partial charge >= 0.3 is 0 Å². The summed E-state index contributed by atoms with van der Waals surface area (Å²) in [6, 6.07) is 17.4. The molecule has 0 aliphatic rings. The number of hydrogen-bond donors (Lipinski definition) is 2. The van der Waals surface area contributed by atoms with E-state index in [0.717, 1.165) is 17.9 Å². The molecule has 2 N–H and O–H groups in total. The lowest BCUT2D eigenvalue weighted by molar-refractivity contribution is 0.108. The van der Waals surface area contributed by atoms with Crippen molar-refractivity contribution in [2.75, 3.05) is 13.7 Å². The molecule has 2 aromatic rings. The maximum atomic E-state index is 9.99. The molecule has 100 valence electrons. The first-order valence-electron chi connectivity index (χ1n) is 6.39. The monoisotopic (exact) mass is 257 g/mol. The highest BCUT2D eigenvalue weighted by Crippen LogP contribution is 2.16. The molecule has 0 bridgehead atoms. The highest BCUT2D eigenvalue weighted by molar-refractivity contribution is 5.27. The van der Waals surface area contributed by atoms with Crippen molar-refractivity contribution in [2.45, 2.75) is 12.6 Å². The van der Waals surface area contributed by atoms with Crippen LogP contribution in [0.3, 0.4) is 0 Å². The van der Waals surface area contributed by atoms with E-state index in [2.05, 4.69) is 5.32 Å². The molecule has 3 nitrogen and oxygen atoms in total. The van der Waals surface area contributed by atoms with Gasteiger partial charge in [0.25, 0.3) is 0 Å². The zero-order valence-electron chi connectivity index (χ0n) is 11.0. The minimum atomic E-state index is -0.599. The van der Waals surface area contributed by atoms with Gasteiger partial charge in [-0.05, 0) is 30.3 Å². The number of ether oxygens (including phenoxy) is 1. The molecule has 0 aromatic heterocycles. The van der Waals surface area contributed by atoms with Gasteiger partial charge in [-0.15, -0.1) is 0 Å². The Morgan fingerprint density at radius 3 is 2.37 bits per heavy atom. The summed E-state index contributed by atoms with van der Waals surface area (Å²) in [5.41, 5.74) is 2.08. The van der Waals surface area contributed by atoms with Gasteiger partial charge in [0.2, 0.25) is 0 Å². The van der Waals surface area contributed by atoms with Crippen LogP contribution in [0.25, 0.3) is 0 Å². The molecule has 0 heterocycles. The Hall–Kier alpha value is -1.84. The molecule has 0 aliphatic carbocycles. The summed E-state index contributed by atoms with van der Waals surface area (Å²) in [6.07, 6.45) is -0.599. The summed E-state index contributed by atoms with van der Waals surface area (Å²) in [5, 5.41) is 13.1.